The maximum Gasteiger partial charge on any atom is 0.107 e. The summed E-state index contributed by atoms with van der Waals surface area (Å²) in [6.45, 7) is 9.25. The van der Waals surface area contributed by atoms with Crippen molar-refractivity contribution in [1.29, 1.82) is 0 Å². The molecule has 1 aromatic rings. The molecule has 0 aliphatic carbocycles. The van der Waals surface area contributed by atoms with Gasteiger partial charge in [0.1, 0.15) is 5.01 Å². The summed E-state index contributed by atoms with van der Waals surface area (Å²) in [5.74, 6) is 0.547. The van der Waals surface area contributed by atoms with Crippen molar-refractivity contribution in [2.75, 3.05) is 6.54 Å². The Morgan fingerprint density at radius 3 is 2.67 bits per heavy atom. The average Bonchev–Trinajstić information content (AvgIpc) is 2.50. The molecule has 0 saturated heterocycles. The summed E-state index contributed by atoms with van der Waals surface area (Å²) in [5, 5.41) is 13.8. The van der Waals surface area contributed by atoms with Crippen molar-refractivity contribution < 1.29 is 5.11 Å². The molecule has 4 heteroatoms. The third-order valence-corrected chi connectivity index (χ3v) is 3.27. The van der Waals surface area contributed by atoms with E-state index in [0.717, 1.165) is 11.6 Å². The third-order valence-electron chi connectivity index (χ3n) is 1.97. The van der Waals surface area contributed by atoms with Crippen LogP contribution in [0.15, 0.2) is 6.20 Å². The number of aromatic nitrogens is 1. The van der Waals surface area contributed by atoms with Gasteiger partial charge in [-0.25, -0.2) is 4.98 Å². The van der Waals surface area contributed by atoms with Crippen LogP contribution in [-0.4, -0.2) is 22.2 Å². The highest BCUT2D eigenvalue weighted by Crippen LogP contribution is 2.21. The molecule has 0 amide bonds. The molecule has 0 aliphatic heterocycles. The van der Waals surface area contributed by atoms with Crippen molar-refractivity contribution in [3.8, 4) is 0 Å². The molecule has 0 saturated carbocycles. The molecule has 0 atom stereocenters. The van der Waals surface area contributed by atoms with Crippen molar-refractivity contribution in [2.24, 2.45) is 0 Å². The van der Waals surface area contributed by atoms with Gasteiger partial charge in [0.25, 0.3) is 0 Å². The lowest BCUT2D eigenvalue weighted by atomic mass is 10.1. The highest BCUT2D eigenvalue weighted by molar-refractivity contribution is 7.11. The van der Waals surface area contributed by atoms with Crippen LogP contribution in [0.25, 0.3) is 0 Å². The summed E-state index contributed by atoms with van der Waals surface area (Å²) in [7, 11) is 0. The second-order valence-electron chi connectivity index (χ2n) is 4.73. The van der Waals surface area contributed by atoms with Crippen LogP contribution in [0.5, 0.6) is 0 Å². The molecular weight excluding hydrogens is 208 g/mol. The van der Waals surface area contributed by atoms with Gasteiger partial charge in [-0.1, -0.05) is 13.8 Å². The van der Waals surface area contributed by atoms with Gasteiger partial charge in [0, 0.05) is 24.2 Å². The first-order valence-corrected chi connectivity index (χ1v) is 6.08. The van der Waals surface area contributed by atoms with E-state index >= 15 is 0 Å². The topological polar surface area (TPSA) is 45.2 Å². The zero-order valence-corrected chi connectivity index (χ0v) is 10.7. The molecule has 86 valence electrons. The van der Waals surface area contributed by atoms with Gasteiger partial charge >= 0.3 is 0 Å². The Balaban J connectivity index is 2.38. The van der Waals surface area contributed by atoms with E-state index in [1.165, 1.54) is 4.88 Å². The molecule has 0 aromatic carbocycles. The number of hydrogen-bond acceptors (Lipinski definition) is 4. The van der Waals surface area contributed by atoms with E-state index in [4.69, 9.17) is 0 Å². The number of nitrogens with one attached hydrogen (secondary N) is 1. The minimum Gasteiger partial charge on any atom is -0.389 e. The standard InChI is InChI=1S/C11H20N2OS/c1-8(2)9-5-13-10(15-9)6-12-7-11(3,4)14/h5,8,12,14H,6-7H2,1-4H3. The Bertz CT molecular complexity index is 302. The van der Waals surface area contributed by atoms with Crippen LogP contribution in [0.4, 0.5) is 0 Å². The zero-order valence-electron chi connectivity index (χ0n) is 9.87. The third kappa shape index (κ3) is 4.73. The molecule has 0 bridgehead atoms. The van der Waals surface area contributed by atoms with Crippen LogP contribution >= 0.6 is 11.3 Å². The lowest BCUT2D eigenvalue weighted by Crippen LogP contribution is -2.34. The molecule has 1 rings (SSSR count). The van der Waals surface area contributed by atoms with Crippen LogP contribution < -0.4 is 5.32 Å². The molecule has 1 heterocycles. The number of hydrogen-bond donors (Lipinski definition) is 2. The Hall–Kier alpha value is -0.450. The first-order valence-electron chi connectivity index (χ1n) is 5.26. The molecule has 1 aromatic heterocycles. The minimum atomic E-state index is -0.655. The van der Waals surface area contributed by atoms with Crippen LogP contribution in [0.3, 0.4) is 0 Å². The van der Waals surface area contributed by atoms with Crippen LogP contribution in [-0.2, 0) is 6.54 Å². The van der Waals surface area contributed by atoms with Gasteiger partial charge in [-0.2, -0.15) is 0 Å². The van der Waals surface area contributed by atoms with Crippen molar-refractivity contribution in [3.05, 3.63) is 16.1 Å². The average molecular weight is 228 g/mol. The molecule has 3 nitrogen and oxygen atoms in total. The van der Waals surface area contributed by atoms with E-state index in [9.17, 15) is 5.11 Å². The van der Waals surface area contributed by atoms with E-state index in [-0.39, 0.29) is 0 Å². The van der Waals surface area contributed by atoms with Crippen LogP contribution in [0.1, 0.15) is 43.5 Å². The second kappa shape index (κ2) is 5.05. The quantitative estimate of drug-likeness (QED) is 0.811. The van der Waals surface area contributed by atoms with Crippen LogP contribution in [0, 0.1) is 0 Å². The van der Waals surface area contributed by atoms with Gasteiger partial charge in [0.05, 0.1) is 5.60 Å². The first-order chi connectivity index (χ1) is 6.88. The number of rotatable bonds is 5. The number of aliphatic hydroxyl groups is 1. The van der Waals surface area contributed by atoms with Crippen molar-refractivity contribution in [3.63, 3.8) is 0 Å². The molecule has 0 radical (unpaired) electrons. The maximum absolute atomic E-state index is 9.51. The van der Waals surface area contributed by atoms with Crippen molar-refractivity contribution in [2.45, 2.75) is 45.8 Å². The molecule has 0 spiro atoms. The molecule has 2 N–H and O–H groups in total. The van der Waals surface area contributed by atoms with E-state index in [1.807, 2.05) is 6.20 Å². The molecule has 0 fully saturated rings. The maximum atomic E-state index is 9.51. The Morgan fingerprint density at radius 1 is 1.53 bits per heavy atom. The van der Waals surface area contributed by atoms with Gasteiger partial charge in [0.2, 0.25) is 0 Å². The monoisotopic (exact) mass is 228 g/mol. The van der Waals surface area contributed by atoms with E-state index in [2.05, 4.69) is 24.1 Å². The summed E-state index contributed by atoms with van der Waals surface area (Å²) in [6.07, 6.45) is 1.94. The molecule has 0 unspecified atom stereocenters. The fourth-order valence-corrected chi connectivity index (χ4v) is 2.04. The van der Waals surface area contributed by atoms with Gasteiger partial charge in [-0.15, -0.1) is 11.3 Å². The van der Waals surface area contributed by atoms with Crippen molar-refractivity contribution in [1.82, 2.24) is 10.3 Å². The lowest BCUT2D eigenvalue weighted by Gasteiger charge is -2.16. The summed E-state index contributed by atoms with van der Waals surface area (Å²) >= 11 is 1.74. The predicted octanol–water partition coefficient (Wildman–Crippen LogP) is 2.13. The van der Waals surface area contributed by atoms with Gasteiger partial charge in [-0.3, -0.25) is 0 Å². The Labute approximate surface area is 95.6 Å². The van der Waals surface area contributed by atoms with Crippen molar-refractivity contribution >= 4 is 11.3 Å². The predicted molar refractivity (Wildman–Crippen MR) is 64.2 cm³/mol. The zero-order chi connectivity index (χ0) is 11.5. The highest BCUT2D eigenvalue weighted by atomic mass is 32.1. The van der Waals surface area contributed by atoms with E-state index < -0.39 is 5.60 Å². The fourth-order valence-electron chi connectivity index (χ4n) is 1.15. The minimum absolute atomic E-state index is 0.547. The normalized spacial score (nSPS) is 12.4. The molecular formula is C11H20N2OS. The number of nitrogens with zero attached hydrogens (tertiary/aromatic N) is 1. The smallest absolute Gasteiger partial charge is 0.107 e. The molecule has 0 aliphatic rings. The SMILES string of the molecule is CC(C)c1cnc(CNCC(C)(C)O)s1. The first kappa shape index (κ1) is 12.6. The Kier molecular flexibility index (Phi) is 4.25. The molecule has 15 heavy (non-hydrogen) atoms. The largest absolute Gasteiger partial charge is 0.389 e. The summed E-state index contributed by atoms with van der Waals surface area (Å²) < 4.78 is 0. The van der Waals surface area contributed by atoms with Gasteiger partial charge < -0.3 is 10.4 Å². The summed E-state index contributed by atoms with van der Waals surface area (Å²) in [4.78, 5) is 5.65. The Morgan fingerprint density at radius 2 is 2.20 bits per heavy atom. The summed E-state index contributed by atoms with van der Waals surface area (Å²) in [5.41, 5.74) is -0.655. The van der Waals surface area contributed by atoms with E-state index in [1.54, 1.807) is 25.2 Å². The fraction of sp³-hybridized carbons (Fsp3) is 0.727. The van der Waals surface area contributed by atoms with Gasteiger partial charge in [0.15, 0.2) is 0 Å². The highest BCUT2D eigenvalue weighted by Gasteiger charge is 2.12. The van der Waals surface area contributed by atoms with E-state index in [0.29, 0.717) is 12.5 Å². The van der Waals surface area contributed by atoms with Crippen LogP contribution in [0.2, 0.25) is 0 Å². The number of thiazole rings is 1. The second-order valence-corrected chi connectivity index (χ2v) is 5.87. The lowest BCUT2D eigenvalue weighted by molar-refractivity contribution is 0.0795. The summed E-state index contributed by atoms with van der Waals surface area (Å²) in [6, 6.07) is 0. The van der Waals surface area contributed by atoms with Gasteiger partial charge in [-0.05, 0) is 19.8 Å².